The molecular weight excluding hydrogens is 248 g/mol. The first kappa shape index (κ1) is 12.9. The molecule has 0 amide bonds. The molecule has 2 aromatic rings. The molecule has 3 nitrogen and oxygen atoms in total. The molecule has 94 valence electrons. The van der Waals surface area contributed by atoms with E-state index < -0.39 is 0 Å². The monoisotopic (exact) mass is 262 g/mol. The maximum atomic E-state index is 5.83. The Morgan fingerprint density at radius 1 is 1.28 bits per heavy atom. The fourth-order valence-electron chi connectivity index (χ4n) is 1.67. The Morgan fingerprint density at radius 2 is 2.11 bits per heavy atom. The van der Waals surface area contributed by atoms with E-state index in [4.69, 9.17) is 16.3 Å². The van der Waals surface area contributed by atoms with Crippen molar-refractivity contribution in [1.29, 1.82) is 0 Å². The summed E-state index contributed by atoms with van der Waals surface area (Å²) in [5, 5.41) is 3.61. The van der Waals surface area contributed by atoms with Crippen molar-refractivity contribution in [2.45, 2.75) is 13.2 Å². The molecule has 0 radical (unpaired) electrons. The third kappa shape index (κ3) is 3.45. The molecule has 0 saturated carbocycles. The maximum absolute atomic E-state index is 5.83. The molecule has 0 fully saturated rings. The van der Waals surface area contributed by atoms with E-state index in [1.165, 1.54) is 0 Å². The fraction of sp³-hybridized carbons (Fsp3) is 0.214. The Bertz CT molecular complexity index is 517. The predicted octanol–water partition coefficient (Wildman–Crippen LogP) is 3.03. The summed E-state index contributed by atoms with van der Waals surface area (Å²) >= 11 is 5.83. The van der Waals surface area contributed by atoms with Gasteiger partial charge in [0.1, 0.15) is 17.5 Å². The van der Waals surface area contributed by atoms with Gasteiger partial charge in [-0.1, -0.05) is 29.8 Å². The first-order valence-electron chi connectivity index (χ1n) is 5.75. The van der Waals surface area contributed by atoms with Crippen molar-refractivity contribution in [3.63, 3.8) is 0 Å². The molecule has 0 unspecified atom stereocenters. The second-order valence-electron chi connectivity index (χ2n) is 3.91. The van der Waals surface area contributed by atoms with E-state index in [-0.39, 0.29) is 0 Å². The lowest BCUT2D eigenvalue weighted by atomic mass is 10.2. The van der Waals surface area contributed by atoms with E-state index in [1.807, 2.05) is 43.4 Å². The molecule has 1 N–H and O–H groups in total. The minimum atomic E-state index is 0.486. The highest BCUT2D eigenvalue weighted by molar-refractivity contribution is 6.29. The molecule has 0 aliphatic rings. The molecule has 0 atom stereocenters. The predicted molar refractivity (Wildman–Crippen MR) is 72.8 cm³/mol. The lowest BCUT2D eigenvalue weighted by Gasteiger charge is -2.11. The highest BCUT2D eigenvalue weighted by Gasteiger charge is 2.02. The zero-order chi connectivity index (χ0) is 12.8. The van der Waals surface area contributed by atoms with Crippen LogP contribution in [-0.2, 0) is 13.2 Å². The second kappa shape index (κ2) is 6.38. The van der Waals surface area contributed by atoms with Gasteiger partial charge in [0.05, 0.1) is 0 Å². The number of para-hydroxylation sites is 1. The van der Waals surface area contributed by atoms with Crippen LogP contribution >= 0.6 is 11.6 Å². The van der Waals surface area contributed by atoms with Gasteiger partial charge in [0.2, 0.25) is 0 Å². The van der Waals surface area contributed by atoms with Crippen molar-refractivity contribution >= 4 is 11.6 Å². The molecule has 0 bridgehead atoms. The number of nitrogens with one attached hydrogen (secondary N) is 1. The maximum Gasteiger partial charge on any atom is 0.129 e. The van der Waals surface area contributed by atoms with Gasteiger partial charge in [0, 0.05) is 18.3 Å². The summed E-state index contributed by atoms with van der Waals surface area (Å²) in [6.45, 7) is 1.27. The van der Waals surface area contributed by atoms with Crippen molar-refractivity contribution in [3.05, 3.63) is 58.9 Å². The quantitative estimate of drug-likeness (QED) is 0.841. The van der Waals surface area contributed by atoms with E-state index in [1.54, 1.807) is 6.20 Å². The van der Waals surface area contributed by atoms with Gasteiger partial charge in [0.15, 0.2) is 0 Å². The van der Waals surface area contributed by atoms with Crippen LogP contribution in [0.2, 0.25) is 5.15 Å². The summed E-state index contributed by atoms with van der Waals surface area (Å²) in [7, 11) is 1.92. The first-order valence-corrected chi connectivity index (χ1v) is 6.13. The topological polar surface area (TPSA) is 34.1 Å². The summed E-state index contributed by atoms with van der Waals surface area (Å²) < 4.78 is 5.80. The van der Waals surface area contributed by atoms with Gasteiger partial charge >= 0.3 is 0 Å². The van der Waals surface area contributed by atoms with Gasteiger partial charge in [-0.15, -0.1) is 0 Å². The molecule has 0 aliphatic carbocycles. The number of benzene rings is 1. The van der Waals surface area contributed by atoms with Gasteiger partial charge in [0.25, 0.3) is 0 Å². The van der Waals surface area contributed by atoms with Crippen LogP contribution in [-0.4, -0.2) is 12.0 Å². The minimum absolute atomic E-state index is 0.486. The molecular formula is C14H15ClN2O. The van der Waals surface area contributed by atoms with Crippen LogP contribution in [0.25, 0.3) is 0 Å². The molecule has 1 aromatic carbocycles. The van der Waals surface area contributed by atoms with Crippen LogP contribution in [0.3, 0.4) is 0 Å². The number of halogens is 1. The summed E-state index contributed by atoms with van der Waals surface area (Å²) in [5.41, 5.74) is 2.15. The number of hydrogen-bond acceptors (Lipinski definition) is 3. The van der Waals surface area contributed by atoms with E-state index in [0.717, 1.165) is 23.4 Å². The van der Waals surface area contributed by atoms with Crippen LogP contribution in [0.5, 0.6) is 5.75 Å². The zero-order valence-corrected chi connectivity index (χ0v) is 10.9. The Kier molecular flexibility index (Phi) is 4.56. The number of aromatic nitrogens is 1. The summed E-state index contributed by atoms with van der Waals surface area (Å²) in [4.78, 5) is 3.94. The Labute approximate surface area is 112 Å². The van der Waals surface area contributed by atoms with Crippen LogP contribution in [0.1, 0.15) is 11.1 Å². The third-order valence-corrected chi connectivity index (χ3v) is 2.73. The van der Waals surface area contributed by atoms with Crippen molar-refractivity contribution in [3.8, 4) is 5.75 Å². The zero-order valence-electron chi connectivity index (χ0n) is 10.2. The number of nitrogens with zero attached hydrogens (tertiary/aromatic N) is 1. The van der Waals surface area contributed by atoms with Crippen molar-refractivity contribution < 1.29 is 4.74 Å². The Balaban J connectivity index is 2.06. The van der Waals surface area contributed by atoms with E-state index in [9.17, 15) is 0 Å². The number of hydrogen-bond donors (Lipinski definition) is 1. The summed E-state index contributed by atoms with van der Waals surface area (Å²) in [5.74, 6) is 0.889. The van der Waals surface area contributed by atoms with Crippen molar-refractivity contribution in [1.82, 2.24) is 10.3 Å². The Hall–Kier alpha value is -1.58. The molecule has 1 heterocycles. The van der Waals surface area contributed by atoms with E-state index in [2.05, 4.69) is 10.3 Å². The van der Waals surface area contributed by atoms with Crippen LogP contribution in [0.15, 0.2) is 42.6 Å². The molecule has 1 aromatic heterocycles. The number of rotatable bonds is 5. The first-order chi connectivity index (χ1) is 8.79. The third-order valence-electron chi connectivity index (χ3n) is 2.53. The van der Waals surface area contributed by atoms with Gasteiger partial charge < -0.3 is 10.1 Å². The highest BCUT2D eigenvalue weighted by atomic mass is 35.5. The lowest BCUT2D eigenvalue weighted by Crippen LogP contribution is -2.07. The van der Waals surface area contributed by atoms with E-state index >= 15 is 0 Å². The fourth-order valence-corrected chi connectivity index (χ4v) is 1.87. The van der Waals surface area contributed by atoms with Crippen LogP contribution < -0.4 is 10.1 Å². The summed E-state index contributed by atoms with van der Waals surface area (Å²) in [6, 6.07) is 11.7. The van der Waals surface area contributed by atoms with Gasteiger partial charge in [-0.05, 0) is 30.8 Å². The van der Waals surface area contributed by atoms with Gasteiger partial charge in [-0.25, -0.2) is 4.98 Å². The lowest BCUT2D eigenvalue weighted by molar-refractivity contribution is 0.302. The van der Waals surface area contributed by atoms with Crippen molar-refractivity contribution in [2.24, 2.45) is 0 Å². The molecule has 0 spiro atoms. The Morgan fingerprint density at radius 3 is 2.89 bits per heavy atom. The largest absolute Gasteiger partial charge is 0.489 e. The SMILES string of the molecule is CNCc1ccccc1OCc1ccnc(Cl)c1. The molecule has 18 heavy (non-hydrogen) atoms. The minimum Gasteiger partial charge on any atom is -0.489 e. The number of ether oxygens (including phenoxy) is 1. The highest BCUT2D eigenvalue weighted by Crippen LogP contribution is 2.19. The average molecular weight is 263 g/mol. The standard InChI is InChI=1S/C14H15ClN2O/c1-16-9-12-4-2-3-5-13(12)18-10-11-6-7-17-14(15)8-11/h2-8,16H,9-10H2,1H3. The molecule has 4 heteroatoms. The summed E-state index contributed by atoms with van der Waals surface area (Å²) in [6.07, 6.45) is 1.68. The van der Waals surface area contributed by atoms with Gasteiger partial charge in [-0.2, -0.15) is 0 Å². The van der Waals surface area contributed by atoms with Crippen LogP contribution in [0.4, 0.5) is 0 Å². The second-order valence-corrected chi connectivity index (χ2v) is 4.30. The smallest absolute Gasteiger partial charge is 0.129 e. The van der Waals surface area contributed by atoms with Gasteiger partial charge in [-0.3, -0.25) is 0 Å². The average Bonchev–Trinajstić information content (AvgIpc) is 2.38. The van der Waals surface area contributed by atoms with Crippen LogP contribution in [0, 0.1) is 0 Å². The molecule has 0 saturated heterocycles. The van der Waals surface area contributed by atoms with E-state index in [0.29, 0.717) is 11.8 Å². The van der Waals surface area contributed by atoms with Crippen molar-refractivity contribution in [2.75, 3.05) is 7.05 Å². The number of pyridine rings is 1. The molecule has 0 aliphatic heterocycles. The molecule has 2 rings (SSSR count). The normalized spacial score (nSPS) is 10.3.